The van der Waals surface area contributed by atoms with Gasteiger partial charge in [0.2, 0.25) is 5.89 Å². The summed E-state index contributed by atoms with van der Waals surface area (Å²) in [5.74, 6) is 2.76. The zero-order valence-corrected chi connectivity index (χ0v) is 12.3. The Hall–Kier alpha value is -0.940. The largest absolute Gasteiger partial charge is 0.379 e. The molecular weight excluding hydrogens is 254 g/mol. The lowest BCUT2D eigenvalue weighted by molar-refractivity contribution is 0.166. The van der Waals surface area contributed by atoms with Gasteiger partial charge in [-0.2, -0.15) is 4.98 Å². The zero-order chi connectivity index (χ0) is 14.0. The van der Waals surface area contributed by atoms with Gasteiger partial charge >= 0.3 is 0 Å². The molecule has 5 nitrogen and oxygen atoms in total. The number of rotatable bonds is 4. The van der Waals surface area contributed by atoms with Gasteiger partial charge in [0.1, 0.15) is 5.54 Å². The van der Waals surface area contributed by atoms with Crippen LogP contribution >= 0.6 is 0 Å². The quantitative estimate of drug-likeness (QED) is 0.917. The first-order valence-corrected chi connectivity index (χ1v) is 7.92. The summed E-state index contributed by atoms with van der Waals surface area (Å²) in [5.41, 5.74) is 5.70. The first-order valence-electron chi connectivity index (χ1n) is 7.92. The molecule has 2 fully saturated rings. The molecule has 2 N–H and O–H groups in total. The summed E-state index contributed by atoms with van der Waals surface area (Å²) < 4.78 is 10.8. The van der Waals surface area contributed by atoms with E-state index in [-0.39, 0.29) is 0 Å². The van der Waals surface area contributed by atoms with Gasteiger partial charge in [-0.05, 0) is 38.0 Å². The first kappa shape index (κ1) is 14.0. The van der Waals surface area contributed by atoms with E-state index in [2.05, 4.69) is 17.1 Å². The maximum absolute atomic E-state index is 6.26. The molecule has 20 heavy (non-hydrogen) atoms. The van der Waals surface area contributed by atoms with Crippen LogP contribution in [0.3, 0.4) is 0 Å². The van der Waals surface area contributed by atoms with Crippen molar-refractivity contribution < 1.29 is 9.26 Å². The molecular formula is C15H25N3O2. The van der Waals surface area contributed by atoms with E-state index in [1.165, 1.54) is 38.5 Å². The van der Waals surface area contributed by atoms with E-state index in [4.69, 9.17) is 15.0 Å². The maximum Gasteiger partial charge on any atom is 0.249 e. The predicted molar refractivity (Wildman–Crippen MR) is 75.2 cm³/mol. The van der Waals surface area contributed by atoms with Crippen molar-refractivity contribution in [2.24, 2.45) is 11.7 Å². The smallest absolute Gasteiger partial charge is 0.249 e. The lowest BCUT2D eigenvalue weighted by atomic mass is 9.80. The highest BCUT2D eigenvalue weighted by Crippen LogP contribution is 2.37. The fraction of sp³-hybridized carbons (Fsp3) is 0.867. The molecule has 5 heteroatoms. The minimum atomic E-state index is -0.565. The minimum absolute atomic E-state index is 0.450. The van der Waals surface area contributed by atoms with Crippen molar-refractivity contribution >= 4 is 0 Å². The van der Waals surface area contributed by atoms with Gasteiger partial charge in [-0.25, -0.2) is 0 Å². The van der Waals surface area contributed by atoms with Crippen molar-refractivity contribution in [3.8, 4) is 0 Å². The van der Waals surface area contributed by atoms with Crippen LogP contribution in [0, 0.1) is 5.92 Å². The van der Waals surface area contributed by atoms with E-state index in [1.54, 1.807) is 0 Å². The minimum Gasteiger partial charge on any atom is -0.379 e. The molecule has 2 aliphatic rings. The highest BCUT2D eigenvalue weighted by molar-refractivity contribution is 5.07. The summed E-state index contributed by atoms with van der Waals surface area (Å²) in [5, 5.41) is 4.18. The average Bonchev–Trinajstić information content (AvgIpc) is 3.10. The molecule has 0 aromatic carbocycles. The standard InChI is InChI=1S/C15H25N3O2/c1-2-3-11-4-6-12(7-5-11)13-17-14(20-18-13)15(16)8-9-19-10-15/h11-12H,2-10,16H2,1H3. The summed E-state index contributed by atoms with van der Waals surface area (Å²) in [7, 11) is 0. The number of ether oxygens (including phenoxy) is 1. The molecule has 1 unspecified atom stereocenters. The van der Waals surface area contributed by atoms with Crippen LogP contribution in [0.25, 0.3) is 0 Å². The average molecular weight is 279 g/mol. The third kappa shape index (κ3) is 2.74. The molecule has 2 heterocycles. The van der Waals surface area contributed by atoms with E-state index in [0.717, 1.165) is 18.2 Å². The van der Waals surface area contributed by atoms with Crippen molar-refractivity contribution in [3.63, 3.8) is 0 Å². The van der Waals surface area contributed by atoms with Crippen LogP contribution in [-0.2, 0) is 10.3 Å². The van der Waals surface area contributed by atoms with Crippen LogP contribution in [0.4, 0.5) is 0 Å². The fourth-order valence-corrected chi connectivity index (χ4v) is 3.47. The van der Waals surface area contributed by atoms with Gasteiger partial charge in [0.15, 0.2) is 5.82 Å². The molecule has 0 amide bonds. The van der Waals surface area contributed by atoms with Gasteiger partial charge in [-0.15, -0.1) is 0 Å². The topological polar surface area (TPSA) is 74.2 Å². The number of hydrogen-bond acceptors (Lipinski definition) is 5. The third-order valence-corrected chi connectivity index (χ3v) is 4.83. The zero-order valence-electron chi connectivity index (χ0n) is 12.3. The Morgan fingerprint density at radius 3 is 2.75 bits per heavy atom. The molecule has 112 valence electrons. The Morgan fingerprint density at radius 2 is 2.10 bits per heavy atom. The van der Waals surface area contributed by atoms with E-state index in [1.807, 2.05) is 0 Å². The molecule has 0 spiro atoms. The van der Waals surface area contributed by atoms with Crippen LogP contribution in [-0.4, -0.2) is 23.4 Å². The SMILES string of the molecule is CCCC1CCC(c2noc(C3(N)CCOC3)n2)CC1. The number of aromatic nitrogens is 2. The van der Waals surface area contributed by atoms with Crippen LogP contribution in [0.2, 0.25) is 0 Å². The van der Waals surface area contributed by atoms with Crippen LogP contribution in [0.15, 0.2) is 4.52 Å². The second-order valence-corrected chi connectivity index (χ2v) is 6.42. The highest BCUT2D eigenvalue weighted by atomic mass is 16.5. The number of nitrogens with zero attached hydrogens (tertiary/aromatic N) is 2. The lowest BCUT2D eigenvalue weighted by Crippen LogP contribution is -2.37. The van der Waals surface area contributed by atoms with Crippen molar-refractivity contribution in [1.82, 2.24) is 10.1 Å². The summed E-state index contributed by atoms with van der Waals surface area (Å²) in [6, 6.07) is 0. The molecule has 1 atom stereocenters. The third-order valence-electron chi connectivity index (χ3n) is 4.83. The summed E-state index contributed by atoms with van der Waals surface area (Å²) in [4.78, 5) is 4.58. The Labute approximate surface area is 120 Å². The van der Waals surface area contributed by atoms with E-state index >= 15 is 0 Å². The van der Waals surface area contributed by atoms with Crippen molar-refractivity contribution in [1.29, 1.82) is 0 Å². The number of nitrogens with two attached hydrogens (primary N) is 1. The molecule has 1 aliphatic carbocycles. The normalized spacial score (nSPS) is 34.5. The molecule has 1 saturated carbocycles. The predicted octanol–water partition coefficient (Wildman–Crippen LogP) is 2.72. The van der Waals surface area contributed by atoms with Gasteiger partial charge < -0.3 is 15.0 Å². The van der Waals surface area contributed by atoms with Crippen molar-refractivity contribution in [2.75, 3.05) is 13.2 Å². The Balaban J connectivity index is 1.63. The van der Waals surface area contributed by atoms with Crippen molar-refractivity contribution in [2.45, 2.75) is 63.3 Å². The summed E-state index contributed by atoms with van der Waals surface area (Å²) in [6.45, 7) is 3.43. The lowest BCUT2D eigenvalue weighted by Gasteiger charge is -2.26. The van der Waals surface area contributed by atoms with E-state index in [0.29, 0.717) is 25.0 Å². The van der Waals surface area contributed by atoms with Gasteiger partial charge in [-0.1, -0.05) is 24.9 Å². The van der Waals surface area contributed by atoms with Crippen molar-refractivity contribution in [3.05, 3.63) is 11.7 Å². The second-order valence-electron chi connectivity index (χ2n) is 6.42. The highest BCUT2D eigenvalue weighted by Gasteiger charge is 2.39. The molecule has 3 rings (SSSR count). The monoisotopic (exact) mass is 279 g/mol. The molecule has 1 aliphatic heterocycles. The Bertz CT molecular complexity index is 432. The fourth-order valence-electron chi connectivity index (χ4n) is 3.47. The molecule has 1 aromatic rings. The molecule has 0 radical (unpaired) electrons. The van der Waals surface area contributed by atoms with Crippen LogP contribution in [0.1, 0.15) is 69.5 Å². The first-order chi connectivity index (χ1) is 9.71. The van der Waals surface area contributed by atoms with Crippen LogP contribution in [0.5, 0.6) is 0 Å². The number of hydrogen-bond donors (Lipinski definition) is 1. The van der Waals surface area contributed by atoms with E-state index < -0.39 is 5.54 Å². The van der Waals surface area contributed by atoms with Gasteiger partial charge in [0.25, 0.3) is 0 Å². The Morgan fingerprint density at radius 1 is 1.30 bits per heavy atom. The second kappa shape index (κ2) is 5.82. The van der Waals surface area contributed by atoms with Gasteiger partial charge in [0, 0.05) is 12.5 Å². The van der Waals surface area contributed by atoms with Gasteiger partial charge in [0.05, 0.1) is 6.61 Å². The van der Waals surface area contributed by atoms with E-state index in [9.17, 15) is 0 Å². The Kier molecular flexibility index (Phi) is 4.08. The molecule has 1 aromatic heterocycles. The van der Waals surface area contributed by atoms with Crippen LogP contribution < -0.4 is 5.73 Å². The maximum atomic E-state index is 6.26. The molecule has 1 saturated heterocycles. The summed E-state index contributed by atoms with van der Waals surface area (Å²) >= 11 is 0. The summed E-state index contributed by atoms with van der Waals surface area (Å²) in [6.07, 6.45) is 8.34. The molecule has 0 bridgehead atoms. The van der Waals surface area contributed by atoms with Gasteiger partial charge in [-0.3, -0.25) is 0 Å².